The lowest BCUT2D eigenvalue weighted by atomic mass is 9.39. The Hall–Kier alpha value is -1.09. The number of nitrogens with two attached hydrogens (primary N) is 2. The van der Waals surface area contributed by atoms with Gasteiger partial charge in [-0.3, -0.25) is 0 Å². The first-order chi connectivity index (χ1) is 9.83. The third-order valence-electron chi connectivity index (χ3n) is 6.54. The molecule has 0 amide bonds. The van der Waals surface area contributed by atoms with E-state index in [1.54, 1.807) is 6.20 Å². The summed E-state index contributed by atoms with van der Waals surface area (Å²) in [5, 5.41) is 0. The molecular weight excluding hydrogens is 258 g/mol. The fraction of sp³-hybridized carbons (Fsp3) is 0.722. The molecule has 4 aliphatic rings. The van der Waals surface area contributed by atoms with Crippen LogP contribution in [0.4, 0.5) is 5.82 Å². The van der Waals surface area contributed by atoms with Crippen LogP contribution in [0.2, 0.25) is 0 Å². The maximum Gasteiger partial charge on any atom is 0.128 e. The molecule has 3 heteroatoms. The van der Waals surface area contributed by atoms with E-state index in [0.29, 0.717) is 16.6 Å². The fourth-order valence-corrected chi connectivity index (χ4v) is 6.91. The Morgan fingerprint density at radius 3 is 2.38 bits per heavy atom. The average molecular weight is 285 g/mol. The Morgan fingerprint density at radius 1 is 1.14 bits per heavy atom. The largest absolute Gasteiger partial charge is 0.383 e. The number of nitrogen functional groups attached to an aromatic ring is 1. The van der Waals surface area contributed by atoms with Crippen molar-refractivity contribution < 1.29 is 0 Å². The maximum absolute atomic E-state index is 6.79. The molecule has 5 rings (SSSR count). The van der Waals surface area contributed by atoms with E-state index in [1.165, 1.54) is 38.5 Å². The molecule has 4 N–H and O–H groups in total. The predicted molar refractivity (Wildman–Crippen MR) is 85.4 cm³/mol. The molecule has 114 valence electrons. The van der Waals surface area contributed by atoms with Crippen LogP contribution in [-0.4, -0.2) is 4.98 Å². The van der Waals surface area contributed by atoms with Gasteiger partial charge in [-0.25, -0.2) is 4.98 Å². The normalized spacial score (nSPS) is 45.8. The molecule has 21 heavy (non-hydrogen) atoms. The van der Waals surface area contributed by atoms with Crippen molar-refractivity contribution in [2.24, 2.45) is 27.9 Å². The summed E-state index contributed by atoms with van der Waals surface area (Å²) in [6.07, 6.45) is 9.76. The lowest BCUT2D eigenvalue weighted by molar-refractivity contribution is -0.154. The van der Waals surface area contributed by atoms with Crippen LogP contribution in [0.5, 0.6) is 0 Å². The molecule has 3 unspecified atom stereocenters. The van der Waals surface area contributed by atoms with E-state index < -0.39 is 0 Å². The highest BCUT2D eigenvalue weighted by molar-refractivity contribution is 5.42. The van der Waals surface area contributed by atoms with Gasteiger partial charge in [-0.1, -0.05) is 19.9 Å². The van der Waals surface area contributed by atoms with E-state index >= 15 is 0 Å². The van der Waals surface area contributed by atoms with Crippen LogP contribution in [0.15, 0.2) is 18.3 Å². The van der Waals surface area contributed by atoms with Crippen LogP contribution in [0.1, 0.15) is 64.0 Å². The van der Waals surface area contributed by atoms with Crippen LogP contribution in [-0.2, 0) is 0 Å². The number of nitrogens with zero attached hydrogens (tertiary/aromatic N) is 1. The van der Waals surface area contributed by atoms with Gasteiger partial charge in [0.15, 0.2) is 0 Å². The van der Waals surface area contributed by atoms with Gasteiger partial charge in [-0.05, 0) is 66.8 Å². The first-order valence-electron chi connectivity index (χ1n) is 8.29. The summed E-state index contributed by atoms with van der Waals surface area (Å²) in [6.45, 7) is 4.98. The molecule has 0 aromatic carbocycles. The zero-order chi connectivity index (χ0) is 14.9. The molecule has 1 aromatic rings. The molecular formula is C18H27N3. The zero-order valence-corrected chi connectivity index (χ0v) is 13.2. The van der Waals surface area contributed by atoms with Crippen LogP contribution < -0.4 is 11.5 Å². The lowest BCUT2D eigenvalue weighted by Gasteiger charge is -2.67. The van der Waals surface area contributed by atoms with E-state index in [0.717, 1.165) is 11.5 Å². The average Bonchev–Trinajstić information content (AvgIpc) is 2.34. The SMILES string of the molecule is CC12CC3CC(C)(C1)CC(C(N)c1cccnc1N)(C3)C2. The molecule has 4 saturated carbocycles. The van der Waals surface area contributed by atoms with Gasteiger partial charge in [0.25, 0.3) is 0 Å². The smallest absolute Gasteiger partial charge is 0.128 e. The quantitative estimate of drug-likeness (QED) is 0.871. The molecule has 0 saturated heterocycles. The number of hydrogen-bond acceptors (Lipinski definition) is 3. The monoisotopic (exact) mass is 285 g/mol. The molecule has 1 aromatic heterocycles. The fourth-order valence-electron chi connectivity index (χ4n) is 6.91. The summed E-state index contributed by atoms with van der Waals surface area (Å²) in [5.74, 6) is 1.48. The van der Waals surface area contributed by atoms with E-state index in [-0.39, 0.29) is 11.5 Å². The van der Waals surface area contributed by atoms with E-state index in [1.807, 2.05) is 6.07 Å². The first-order valence-corrected chi connectivity index (χ1v) is 8.29. The maximum atomic E-state index is 6.79. The standard InChI is InChI=1S/C18H27N3/c1-16-6-12-7-17(2,9-16)11-18(8-12,10-16)14(19)13-4-3-5-21-15(13)20/h3-5,12,14H,6-11,19H2,1-2H3,(H2,20,21). The van der Waals surface area contributed by atoms with E-state index in [9.17, 15) is 0 Å². The molecule has 0 spiro atoms. The van der Waals surface area contributed by atoms with Gasteiger partial charge in [0, 0.05) is 17.8 Å². The lowest BCUT2D eigenvalue weighted by Crippen LogP contribution is -2.58. The number of pyridine rings is 1. The highest BCUT2D eigenvalue weighted by Gasteiger charge is 2.61. The number of aromatic nitrogens is 1. The summed E-state index contributed by atoms with van der Waals surface area (Å²) >= 11 is 0. The second kappa shape index (κ2) is 4.01. The van der Waals surface area contributed by atoms with Gasteiger partial charge in [0.05, 0.1) is 0 Å². The molecule has 3 nitrogen and oxygen atoms in total. The Labute approximate surface area is 127 Å². The molecule has 0 radical (unpaired) electrons. The van der Waals surface area contributed by atoms with Gasteiger partial charge in [0.1, 0.15) is 5.82 Å². The summed E-state index contributed by atoms with van der Waals surface area (Å²) in [5.41, 5.74) is 15.2. The van der Waals surface area contributed by atoms with Gasteiger partial charge in [0.2, 0.25) is 0 Å². The predicted octanol–water partition coefficient (Wildman–Crippen LogP) is 3.66. The van der Waals surface area contributed by atoms with Crippen LogP contribution in [0.3, 0.4) is 0 Å². The Morgan fingerprint density at radius 2 is 1.81 bits per heavy atom. The third kappa shape index (κ3) is 1.93. The zero-order valence-electron chi connectivity index (χ0n) is 13.2. The molecule has 4 aliphatic carbocycles. The van der Waals surface area contributed by atoms with Crippen molar-refractivity contribution in [2.45, 2.75) is 58.4 Å². The van der Waals surface area contributed by atoms with Crippen LogP contribution in [0.25, 0.3) is 0 Å². The summed E-state index contributed by atoms with van der Waals surface area (Å²) in [6, 6.07) is 4.08. The number of anilines is 1. The highest BCUT2D eigenvalue weighted by atomic mass is 14.9. The summed E-state index contributed by atoms with van der Waals surface area (Å²) in [4.78, 5) is 4.26. The molecule has 0 aliphatic heterocycles. The van der Waals surface area contributed by atoms with E-state index in [4.69, 9.17) is 11.5 Å². The Balaban J connectivity index is 1.76. The van der Waals surface area contributed by atoms with Crippen molar-refractivity contribution in [2.75, 3.05) is 5.73 Å². The Bertz CT molecular complexity index is 564. The van der Waals surface area contributed by atoms with Crippen molar-refractivity contribution >= 4 is 5.82 Å². The third-order valence-corrected chi connectivity index (χ3v) is 6.54. The van der Waals surface area contributed by atoms with Crippen LogP contribution in [0, 0.1) is 22.2 Å². The second-order valence-corrected chi connectivity index (χ2v) is 8.95. The van der Waals surface area contributed by atoms with Gasteiger partial charge in [-0.15, -0.1) is 0 Å². The molecule has 4 fully saturated rings. The second-order valence-electron chi connectivity index (χ2n) is 8.95. The van der Waals surface area contributed by atoms with Gasteiger partial charge < -0.3 is 11.5 Å². The number of rotatable bonds is 2. The molecule has 4 bridgehead atoms. The van der Waals surface area contributed by atoms with Crippen molar-refractivity contribution in [1.29, 1.82) is 0 Å². The minimum absolute atomic E-state index is 0.0354. The first kappa shape index (κ1) is 13.6. The number of hydrogen-bond donors (Lipinski definition) is 2. The van der Waals surface area contributed by atoms with Crippen molar-refractivity contribution in [3.8, 4) is 0 Å². The topological polar surface area (TPSA) is 64.9 Å². The van der Waals surface area contributed by atoms with Gasteiger partial charge >= 0.3 is 0 Å². The Kier molecular flexibility index (Phi) is 2.59. The minimum atomic E-state index is 0.0354. The van der Waals surface area contributed by atoms with E-state index in [2.05, 4.69) is 24.9 Å². The van der Waals surface area contributed by atoms with Crippen molar-refractivity contribution in [3.63, 3.8) is 0 Å². The highest BCUT2D eigenvalue weighted by Crippen LogP contribution is 2.71. The van der Waals surface area contributed by atoms with Crippen molar-refractivity contribution in [3.05, 3.63) is 23.9 Å². The molecule has 3 atom stereocenters. The van der Waals surface area contributed by atoms with Crippen LogP contribution >= 0.6 is 0 Å². The summed E-state index contributed by atoms with van der Waals surface area (Å²) in [7, 11) is 0. The molecule has 1 heterocycles. The van der Waals surface area contributed by atoms with Crippen molar-refractivity contribution in [1.82, 2.24) is 4.98 Å². The summed E-state index contributed by atoms with van der Waals surface area (Å²) < 4.78 is 0. The minimum Gasteiger partial charge on any atom is -0.383 e. The van der Waals surface area contributed by atoms with Gasteiger partial charge in [-0.2, -0.15) is 0 Å².